The van der Waals surface area contributed by atoms with Crippen LogP contribution in [0.25, 0.3) is 0 Å². The van der Waals surface area contributed by atoms with Crippen LogP contribution in [-0.2, 0) is 10.0 Å². The molecule has 0 fully saturated rings. The minimum Gasteiger partial charge on any atom is -0.496 e. The van der Waals surface area contributed by atoms with Crippen molar-refractivity contribution in [2.24, 2.45) is 0 Å². The minimum atomic E-state index is -3.62. The number of sulfonamides is 1. The molecule has 3 N–H and O–H groups in total. The molecule has 2 heterocycles. The molecule has 0 atom stereocenters. The van der Waals surface area contributed by atoms with Crippen LogP contribution in [0, 0.1) is 20.8 Å². The summed E-state index contributed by atoms with van der Waals surface area (Å²) in [6.45, 7) is 6.12. The number of aromatic nitrogens is 3. The number of nitrogens with zero attached hydrogens (tertiary/aromatic N) is 3. The van der Waals surface area contributed by atoms with Gasteiger partial charge in [-0.25, -0.2) is 28.1 Å². The second-order valence-electron chi connectivity index (χ2n) is 6.99. The third kappa shape index (κ3) is 6.12. The number of nitrogens with one attached hydrogen (secondary N) is 3. The first kappa shape index (κ1) is 22.4. The van der Waals surface area contributed by atoms with Crippen molar-refractivity contribution in [1.29, 1.82) is 0 Å². The van der Waals surface area contributed by atoms with E-state index in [-0.39, 0.29) is 11.4 Å². The van der Waals surface area contributed by atoms with E-state index in [0.29, 0.717) is 35.6 Å². The number of pyridine rings is 1. The first-order valence-electron chi connectivity index (χ1n) is 9.70. The third-order valence-electron chi connectivity index (χ3n) is 4.41. The molecular formula is C21H26N6O3S. The van der Waals surface area contributed by atoms with Crippen molar-refractivity contribution in [3.63, 3.8) is 0 Å². The summed E-state index contributed by atoms with van der Waals surface area (Å²) in [7, 11) is -2.07. The number of ether oxygens (including phenoxy) is 1. The SMILES string of the molecule is COc1ccc(S(=O)(=O)NCCNc2cc(Nc3cc(C)ccn3)nc(C)n2)cc1C. The van der Waals surface area contributed by atoms with Crippen LogP contribution in [0.3, 0.4) is 0 Å². The Balaban J connectivity index is 1.59. The van der Waals surface area contributed by atoms with Crippen LogP contribution in [0.4, 0.5) is 17.5 Å². The Morgan fingerprint density at radius 3 is 2.42 bits per heavy atom. The lowest BCUT2D eigenvalue weighted by molar-refractivity contribution is 0.411. The molecule has 0 amide bonds. The van der Waals surface area contributed by atoms with Crippen LogP contribution in [0.2, 0.25) is 0 Å². The van der Waals surface area contributed by atoms with Gasteiger partial charge in [-0.2, -0.15) is 0 Å². The van der Waals surface area contributed by atoms with Gasteiger partial charge in [-0.3, -0.25) is 0 Å². The van der Waals surface area contributed by atoms with Gasteiger partial charge in [0.1, 0.15) is 29.0 Å². The molecule has 164 valence electrons. The van der Waals surface area contributed by atoms with Crippen molar-refractivity contribution in [3.05, 3.63) is 59.5 Å². The maximum atomic E-state index is 12.5. The summed E-state index contributed by atoms with van der Waals surface area (Å²) in [4.78, 5) is 13.2. The molecule has 0 aliphatic rings. The Hall–Kier alpha value is -3.24. The fraction of sp³-hybridized carbons (Fsp3) is 0.286. The highest BCUT2D eigenvalue weighted by molar-refractivity contribution is 7.89. The summed E-state index contributed by atoms with van der Waals surface area (Å²) >= 11 is 0. The average molecular weight is 443 g/mol. The van der Waals surface area contributed by atoms with Gasteiger partial charge in [0, 0.05) is 25.4 Å². The molecule has 9 nitrogen and oxygen atoms in total. The lowest BCUT2D eigenvalue weighted by atomic mass is 10.2. The van der Waals surface area contributed by atoms with Gasteiger partial charge in [-0.15, -0.1) is 0 Å². The van der Waals surface area contributed by atoms with E-state index >= 15 is 0 Å². The van der Waals surface area contributed by atoms with Crippen LogP contribution in [0.5, 0.6) is 5.75 Å². The van der Waals surface area contributed by atoms with Crippen molar-refractivity contribution >= 4 is 27.5 Å². The van der Waals surface area contributed by atoms with Crippen molar-refractivity contribution in [2.75, 3.05) is 30.8 Å². The molecule has 0 saturated heterocycles. The maximum absolute atomic E-state index is 12.5. The Bertz CT molecular complexity index is 1170. The Morgan fingerprint density at radius 1 is 0.935 bits per heavy atom. The zero-order valence-electron chi connectivity index (χ0n) is 17.9. The number of rotatable bonds is 9. The lowest BCUT2D eigenvalue weighted by Crippen LogP contribution is -2.29. The quantitative estimate of drug-likeness (QED) is 0.433. The summed E-state index contributed by atoms with van der Waals surface area (Å²) in [5.74, 6) is 3.09. The molecular weight excluding hydrogens is 416 g/mol. The average Bonchev–Trinajstić information content (AvgIpc) is 2.71. The van der Waals surface area contributed by atoms with Crippen molar-refractivity contribution in [3.8, 4) is 5.75 Å². The fourth-order valence-electron chi connectivity index (χ4n) is 2.94. The fourth-order valence-corrected chi connectivity index (χ4v) is 4.05. The van der Waals surface area contributed by atoms with Gasteiger partial charge >= 0.3 is 0 Å². The smallest absolute Gasteiger partial charge is 0.240 e. The highest BCUT2D eigenvalue weighted by atomic mass is 32.2. The van der Waals surface area contributed by atoms with Gasteiger partial charge < -0.3 is 15.4 Å². The topological polar surface area (TPSA) is 118 Å². The molecule has 3 aromatic rings. The van der Waals surface area contributed by atoms with Crippen LogP contribution in [0.1, 0.15) is 17.0 Å². The number of methoxy groups -OCH3 is 1. The monoisotopic (exact) mass is 442 g/mol. The normalized spacial score (nSPS) is 11.2. The van der Waals surface area contributed by atoms with Gasteiger partial charge in [0.05, 0.1) is 12.0 Å². The Morgan fingerprint density at radius 2 is 1.71 bits per heavy atom. The molecule has 10 heteroatoms. The minimum absolute atomic E-state index is 0.193. The molecule has 31 heavy (non-hydrogen) atoms. The first-order valence-corrected chi connectivity index (χ1v) is 11.2. The highest BCUT2D eigenvalue weighted by Crippen LogP contribution is 2.21. The third-order valence-corrected chi connectivity index (χ3v) is 5.87. The standard InChI is InChI=1S/C21H26N6O3S/c1-14-7-8-22-19(11-14)27-21-13-20(25-16(3)26-21)23-9-10-24-31(28,29)17-5-6-18(30-4)15(2)12-17/h5-8,11-13,24H,9-10H2,1-4H3,(H2,22,23,25,26,27). The van der Waals surface area contributed by atoms with Crippen LogP contribution >= 0.6 is 0 Å². The summed E-state index contributed by atoms with van der Waals surface area (Å²) in [6.07, 6.45) is 1.72. The van der Waals surface area contributed by atoms with E-state index in [1.54, 1.807) is 45.4 Å². The second-order valence-corrected chi connectivity index (χ2v) is 8.75. The number of hydrogen-bond donors (Lipinski definition) is 3. The number of aryl methyl sites for hydroxylation is 3. The van der Waals surface area contributed by atoms with Gasteiger partial charge in [-0.1, -0.05) is 0 Å². The largest absolute Gasteiger partial charge is 0.496 e. The maximum Gasteiger partial charge on any atom is 0.240 e. The Labute approximate surface area is 182 Å². The summed E-state index contributed by atoms with van der Waals surface area (Å²) < 4.78 is 32.8. The predicted octanol–water partition coefficient (Wildman–Crippen LogP) is 2.94. The predicted molar refractivity (Wildman–Crippen MR) is 120 cm³/mol. The molecule has 0 saturated carbocycles. The lowest BCUT2D eigenvalue weighted by Gasteiger charge is -2.12. The molecule has 0 unspecified atom stereocenters. The van der Waals surface area contributed by atoms with Crippen molar-refractivity contribution in [1.82, 2.24) is 19.7 Å². The number of benzene rings is 1. The van der Waals surface area contributed by atoms with E-state index in [4.69, 9.17) is 4.74 Å². The van der Waals surface area contributed by atoms with Crippen LogP contribution in [0.15, 0.2) is 47.5 Å². The molecule has 0 radical (unpaired) electrons. The van der Waals surface area contributed by atoms with E-state index in [0.717, 1.165) is 11.1 Å². The molecule has 3 rings (SSSR count). The molecule has 0 spiro atoms. The van der Waals surface area contributed by atoms with Gasteiger partial charge in [0.15, 0.2) is 0 Å². The van der Waals surface area contributed by atoms with Crippen LogP contribution in [-0.4, -0.2) is 43.6 Å². The number of anilines is 3. The summed E-state index contributed by atoms with van der Waals surface area (Å²) in [5.41, 5.74) is 1.84. The van der Waals surface area contributed by atoms with E-state index < -0.39 is 10.0 Å². The Kier molecular flexibility index (Phi) is 7.03. The summed E-state index contributed by atoms with van der Waals surface area (Å²) in [5, 5.41) is 6.27. The molecule has 1 aromatic carbocycles. The summed E-state index contributed by atoms with van der Waals surface area (Å²) in [6, 6.07) is 10.3. The molecule has 2 aromatic heterocycles. The molecule has 0 bridgehead atoms. The first-order chi connectivity index (χ1) is 14.8. The second kappa shape index (κ2) is 9.71. The van der Waals surface area contributed by atoms with E-state index in [1.165, 1.54) is 6.07 Å². The van der Waals surface area contributed by atoms with Crippen molar-refractivity contribution < 1.29 is 13.2 Å². The zero-order valence-corrected chi connectivity index (χ0v) is 18.7. The zero-order chi connectivity index (χ0) is 22.4. The van der Waals surface area contributed by atoms with Gasteiger partial charge in [0.2, 0.25) is 10.0 Å². The van der Waals surface area contributed by atoms with E-state index in [2.05, 4.69) is 30.3 Å². The van der Waals surface area contributed by atoms with E-state index in [9.17, 15) is 8.42 Å². The van der Waals surface area contributed by atoms with Crippen molar-refractivity contribution in [2.45, 2.75) is 25.7 Å². The van der Waals surface area contributed by atoms with Gasteiger partial charge in [-0.05, 0) is 62.2 Å². The molecule has 0 aliphatic heterocycles. The number of hydrogen-bond acceptors (Lipinski definition) is 8. The molecule has 0 aliphatic carbocycles. The van der Waals surface area contributed by atoms with E-state index in [1.807, 2.05) is 19.1 Å². The van der Waals surface area contributed by atoms with Gasteiger partial charge in [0.25, 0.3) is 0 Å². The highest BCUT2D eigenvalue weighted by Gasteiger charge is 2.15. The van der Waals surface area contributed by atoms with Crippen LogP contribution < -0.4 is 20.1 Å².